The lowest BCUT2D eigenvalue weighted by Gasteiger charge is -2.27. The zero-order chi connectivity index (χ0) is 7.52. The summed E-state index contributed by atoms with van der Waals surface area (Å²) in [4.78, 5) is 0. The quantitative estimate of drug-likeness (QED) is 0.581. The molecule has 3 nitrogen and oxygen atoms in total. The fourth-order valence-electron chi connectivity index (χ4n) is 1.73. The van der Waals surface area contributed by atoms with Crippen LogP contribution in [0.15, 0.2) is 0 Å². The molecule has 2 aliphatic heterocycles. The van der Waals surface area contributed by atoms with Crippen LogP contribution in [0.4, 0.5) is 0 Å². The third-order valence-corrected chi connectivity index (χ3v) is 2.45. The largest absolute Gasteiger partial charge is 0.381 e. The first-order valence-electron chi connectivity index (χ1n) is 4.37. The smallest absolute Gasteiger partial charge is 0.0751 e. The van der Waals surface area contributed by atoms with E-state index in [0.717, 1.165) is 32.9 Å². The normalized spacial score (nSPS) is 39.3. The van der Waals surface area contributed by atoms with Crippen molar-refractivity contribution in [3.63, 3.8) is 0 Å². The molecule has 0 bridgehead atoms. The van der Waals surface area contributed by atoms with Crippen LogP contribution in [0, 0.1) is 5.92 Å². The molecule has 2 aliphatic rings. The van der Waals surface area contributed by atoms with E-state index in [9.17, 15) is 0 Å². The molecule has 2 fully saturated rings. The lowest BCUT2D eigenvalue weighted by atomic mass is 10.0. The Labute approximate surface area is 67.1 Å². The average Bonchev–Trinajstić information content (AvgIpc) is 2.58. The van der Waals surface area contributed by atoms with Gasteiger partial charge in [-0.05, 0) is 6.42 Å². The zero-order valence-corrected chi connectivity index (χ0v) is 6.71. The SMILES string of the molecule is C1CO[C@H]([C@H]2CCOC2)CN1. The molecule has 64 valence electrons. The fourth-order valence-corrected chi connectivity index (χ4v) is 1.73. The summed E-state index contributed by atoms with van der Waals surface area (Å²) in [6.07, 6.45) is 1.58. The highest BCUT2D eigenvalue weighted by atomic mass is 16.5. The minimum Gasteiger partial charge on any atom is -0.381 e. The monoisotopic (exact) mass is 157 g/mol. The summed E-state index contributed by atoms with van der Waals surface area (Å²) in [5, 5.41) is 3.33. The van der Waals surface area contributed by atoms with E-state index in [0.29, 0.717) is 12.0 Å². The van der Waals surface area contributed by atoms with Gasteiger partial charge in [0.15, 0.2) is 0 Å². The second-order valence-electron chi connectivity index (χ2n) is 3.24. The number of hydrogen-bond donors (Lipinski definition) is 1. The van der Waals surface area contributed by atoms with E-state index < -0.39 is 0 Å². The first kappa shape index (κ1) is 7.53. The first-order valence-corrected chi connectivity index (χ1v) is 4.37. The van der Waals surface area contributed by atoms with Crippen LogP contribution in [0.2, 0.25) is 0 Å². The van der Waals surface area contributed by atoms with Crippen molar-refractivity contribution < 1.29 is 9.47 Å². The van der Waals surface area contributed by atoms with E-state index in [4.69, 9.17) is 9.47 Å². The van der Waals surface area contributed by atoms with Crippen molar-refractivity contribution in [2.75, 3.05) is 32.9 Å². The summed E-state index contributed by atoms with van der Waals surface area (Å²) in [5.41, 5.74) is 0. The van der Waals surface area contributed by atoms with Gasteiger partial charge in [-0.1, -0.05) is 0 Å². The second kappa shape index (κ2) is 3.52. The summed E-state index contributed by atoms with van der Waals surface area (Å²) in [7, 11) is 0. The molecule has 0 amide bonds. The van der Waals surface area contributed by atoms with Gasteiger partial charge in [-0.3, -0.25) is 0 Å². The molecule has 0 unspecified atom stereocenters. The van der Waals surface area contributed by atoms with Gasteiger partial charge in [0.1, 0.15) is 0 Å². The molecular weight excluding hydrogens is 142 g/mol. The second-order valence-corrected chi connectivity index (χ2v) is 3.24. The number of nitrogens with one attached hydrogen (secondary N) is 1. The number of rotatable bonds is 1. The van der Waals surface area contributed by atoms with Crippen LogP contribution in [-0.4, -0.2) is 39.0 Å². The van der Waals surface area contributed by atoms with E-state index in [1.165, 1.54) is 6.42 Å². The van der Waals surface area contributed by atoms with Gasteiger partial charge in [0.25, 0.3) is 0 Å². The van der Waals surface area contributed by atoms with Crippen molar-refractivity contribution in [1.82, 2.24) is 5.32 Å². The number of morpholine rings is 1. The summed E-state index contributed by atoms with van der Waals surface area (Å²) in [6, 6.07) is 0. The Morgan fingerprint density at radius 1 is 1.27 bits per heavy atom. The van der Waals surface area contributed by atoms with Gasteiger partial charge in [-0.15, -0.1) is 0 Å². The van der Waals surface area contributed by atoms with Crippen LogP contribution in [-0.2, 0) is 9.47 Å². The number of hydrogen-bond acceptors (Lipinski definition) is 3. The summed E-state index contributed by atoms with van der Waals surface area (Å²) in [5.74, 6) is 0.641. The Kier molecular flexibility index (Phi) is 2.41. The predicted molar refractivity (Wildman–Crippen MR) is 41.5 cm³/mol. The minimum atomic E-state index is 0.409. The molecule has 0 aromatic rings. The molecule has 0 aromatic carbocycles. The molecule has 3 heteroatoms. The fraction of sp³-hybridized carbons (Fsp3) is 1.00. The molecule has 2 heterocycles. The van der Waals surface area contributed by atoms with Crippen molar-refractivity contribution in [1.29, 1.82) is 0 Å². The third-order valence-electron chi connectivity index (χ3n) is 2.45. The molecular formula is C8H15NO2. The van der Waals surface area contributed by atoms with Gasteiger partial charge in [-0.2, -0.15) is 0 Å². The standard InChI is InChI=1S/C8H15NO2/c1-3-10-6-7(1)8-5-9-2-4-11-8/h7-9H,1-6H2/t7-,8-/m0/s1. The van der Waals surface area contributed by atoms with Crippen LogP contribution >= 0.6 is 0 Å². The zero-order valence-electron chi connectivity index (χ0n) is 6.71. The maximum atomic E-state index is 5.62. The van der Waals surface area contributed by atoms with Crippen molar-refractivity contribution in [3.05, 3.63) is 0 Å². The van der Waals surface area contributed by atoms with E-state index in [1.807, 2.05) is 0 Å². The van der Waals surface area contributed by atoms with Crippen LogP contribution < -0.4 is 5.32 Å². The van der Waals surface area contributed by atoms with Gasteiger partial charge in [0, 0.05) is 25.6 Å². The molecule has 0 saturated carbocycles. The minimum absolute atomic E-state index is 0.409. The maximum absolute atomic E-state index is 5.62. The summed E-state index contributed by atoms with van der Waals surface area (Å²) in [6.45, 7) is 4.69. The molecule has 11 heavy (non-hydrogen) atoms. The van der Waals surface area contributed by atoms with Crippen LogP contribution in [0.3, 0.4) is 0 Å². The van der Waals surface area contributed by atoms with Crippen molar-refractivity contribution in [2.24, 2.45) is 5.92 Å². The average molecular weight is 157 g/mol. The third kappa shape index (κ3) is 1.72. The highest BCUT2D eigenvalue weighted by molar-refractivity contribution is 4.78. The first-order chi connectivity index (χ1) is 5.47. The molecule has 0 radical (unpaired) electrons. The Balaban J connectivity index is 1.82. The van der Waals surface area contributed by atoms with Gasteiger partial charge in [0.05, 0.1) is 19.3 Å². The van der Waals surface area contributed by atoms with E-state index in [1.54, 1.807) is 0 Å². The Morgan fingerprint density at radius 2 is 2.27 bits per heavy atom. The van der Waals surface area contributed by atoms with Gasteiger partial charge >= 0.3 is 0 Å². The molecule has 0 aliphatic carbocycles. The Hall–Kier alpha value is -0.120. The lowest BCUT2D eigenvalue weighted by molar-refractivity contribution is -0.0113. The molecule has 0 aromatic heterocycles. The highest BCUT2D eigenvalue weighted by Crippen LogP contribution is 2.19. The van der Waals surface area contributed by atoms with Crippen molar-refractivity contribution >= 4 is 0 Å². The van der Waals surface area contributed by atoms with Crippen LogP contribution in [0.1, 0.15) is 6.42 Å². The van der Waals surface area contributed by atoms with Gasteiger partial charge in [0.2, 0.25) is 0 Å². The molecule has 0 spiro atoms. The van der Waals surface area contributed by atoms with Crippen LogP contribution in [0.5, 0.6) is 0 Å². The molecule has 2 rings (SSSR count). The summed E-state index contributed by atoms with van der Waals surface area (Å²) >= 11 is 0. The highest BCUT2D eigenvalue weighted by Gasteiger charge is 2.27. The lowest BCUT2D eigenvalue weighted by Crippen LogP contribution is -2.42. The maximum Gasteiger partial charge on any atom is 0.0751 e. The Morgan fingerprint density at radius 3 is 2.91 bits per heavy atom. The van der Waals surface area contributed by atoms with E-state index in [-0.39, 0.29) is 0 Å². The van der Waals surface area contributed by atoms with Gasteiger partial charge in [-0.25, -0.2) is 0 Å². The predicted octanol–water partition coefficient (Wildman–Crippen LogP) is 0.0113. The van der Waals surface area contributed by atoms with Crippen LogP contribution in [0.25, 0.3) is 0 Å². The van der Waals surface area contributed by atoms with Crippen molar-refractivity contribution in [3.8, 4) is 0 Å². The van der Waals surface area contributed by atoms with Crippen molar-refractivity contribution in [2.45, 2.75) is 12.5 Å². The van der Waals surface area contributed by atoms with Gasteiger partial charge < -0.3 is 14.8 Å². The Bertz CT molecular complexity index is 117. The summed E-state index contributed by atoms with van der Waals surface area (Å²) < 4.78 is 10.9. The molecule has 2 atom stereocenters. The number of ether oxygens (including phenoxy) is 2. The molecule has 1 N–H and O–H groups in total. The van der Waals surface area contributed by atoms with E-state index in [2.05, 4.69) is 5.32 Å². The molecule has 2 saturated heterocycles. The topological polar surface area (TPSA) is 30.5 Å². The van der Waals surface area contributed by atoms with E-state index >= 15 is 0 Å².